The molecule has 0 aromatic heterocycles. The van der Waals surface area contributed by atoms with Gasteiger partial charge in [-0.05, 0) is 42.0 Å². The molecule has 1 spiro atoms. The third kappa shape index (κ3) is 4.25. The molecule has 1 N–H and O–H groups in total. The highest BCUT2D eigenvalue weighted by atomic mass is 35.5. The van der Waals surface area contributed by atoms with Crippen LogP contribution in [0.15, 0.2) is 42.5 Å². The third-order valence-electron chi connectivity index (χ3n) is 5.50. The van der Waals surface area contributed by atoms with Crippen molar-refractivity contribution in [3.63, 3.8) is 0 Å². The molecular formula is C22H23ClN2O3. The van der Waals surface area contributed by atoms with E-state index in [9.17, 15) is 5.11 Å². The molecular weight excluding hydrogens is 376 g/mol. The van der Waals surface area contributed by atoms with Crippen molar-refractivity contribution in [3.8, 4) is 17.6 Å². The number of piperidine rings is 1. The summed E-state index contributed by atoms with van der Waals surface area (Å²) in [6.07, 6.45) is 2.17. The SMILES string of the molecule is N#Cc1cccc(OC[C@@H](O)CN2CCC3(CC2)Cc2cc(Cl)ccc2O3)c1. The maximum atomic E-state index is 10.3. The summed E-state index contributed by atoms with van der Waals surface area (Å²) in [5, 5.41) is 20.0. The van der Waals surface area contributed by atoms with Crippen LogP contribution in [0.25, 0.3) is 0 Å². The van der Waals surface area contributed by atoms with Crippen LogP contribution in [0.2, 0.25) is 5.02 Å². The number of nitrogens with zero attached hydrogens (tertiary/aromatic N) is 2. The predicted octanol–water partition coefficient (Wildman–Crippen LogP) is 3.42. The summed E-state index contributed by atoms with van der Waals surface area (Å²) in [6, 6.07) is 14.9. The zero-order valence-electron chi connectivity index (χ0n) is 15.6. The molecule has 2 aliphatic rings. The standard InChI is InChI=1S/C22H23ClN2O3/c23-18-4-5-21-17(11-18)12-22(28-21)6-8-25(9-7-22)14-19(26)15-27-20-3-1-2-16(10-20)13-24/h1-5,10-11,19,26H,6-9,12,14-15H2/t19-/m0/s1. The normalized spacial score (nSPS) is 18.9. The number of ether oxygens (including phenoxy) is 2. The van der Waals surface area contributed by atoms with Crippen LogP contribution in [0.1, 0.15) is 24.0 Å². The van der Waals surface area contributed by atoms with Crippen molar-refractivity contribution in [3.05, 3.63) is 58.6 Å². The summed E-state index contributed by atoms with van der Waals surface area (Å²) in [5.41, 5.74) is 1.60. The molecule has 1 saturated heterocycles. The van der Waals surface area contributed by atoms with Gasteiger partial charge in [-0.25, -0.2) is 0 Å². The van der Waals surface area contributed by atoms with Gasteiger partial charge in [-0.15, -0.1) is 0 Å². The van der Waals surface area contributed by atoms with Crippen LogP contribution in [0.5, 0.6) is 11.5 Å². The van der Waals surface area contributed by atoms with E-state index in [2.05, 4.69) is 11.0 Å². The maximum Gasteiger partial charge on any atom is 0.123 e. The van der Waals surface area contributed by atoms with Crippen molar-refractivity contribution in [2.24, 2.45) is 0 Å². The lowest BCUT2D eigenvalue weighted by molar-refractivity contribution is -0.00195. The Morgan fingerprint density at radius 3 is 2.86 bits per heavy atom. The van der Waals surface area contributed by atoms with Crippen LogP contribution in [-0.2, 0) is 6.42 Å². The van der Waals surface area contributed by atoms with Crippen molar-refractivity contribution in [1.29, 1.82) is 5.26 Å². The first-order chi connectivity index (χ1) is 13.5. The second kappa shape index (κ2) is 8.00. The quantitative estimate of drug-likeness (QED) is 0.835. The minimum Gasteiger partial charge on any atom is -0.491 e. The monoisotopic (exact) mass is 398 g/mol. The molecule has 1 atom stereocenters. The lowest BCUT2D eigenvalue weighted by Crippen LogP contribution is -2.49. The van der Waals surface area contributed by atoms with Crippen molar-refractivity contribution in [2.75, 3.05) is 26.2 Å². The lowest BCUT2D eigenvalue weighted by Gasteiger charge is -2.39. The molecule has 0 unspecified atom stereocenters. The van der Waals surface area contributed by atoms with Gasteiger partial charge in [-0.1, -0.05) is 17.7 Å². The van der Waals surface area contributed by atoms with E-state index < -0.39 is 6.10 Å². The van der Waals surface area contributed by atoms with Crippen molar-refractivity contribution < 1.29 is 14.6 Å². The second-order valence-electron chi connectivity index (χ2n) is 7.62. The molecule has 0 aliphatic carbocycles. The van der Waals surface area contributed by atoms with Gasteiger partial charge in [0.05, 0.1) is 11.6 Å². The number of rotatable bonds is 5. The molecule has 0 bridgehead atoms. The number of benzene rings is 2. The Morgan fingerprint density at radius 2 is 2.07 bits per heavy atom. The first kappa shape index (κ1) is 19.1. The number of fused-ring (bicyclic) bond motifs is 1. The van der Waals surface area contributed by atoms with Gasteiger partial charge in [0.2, 0.25) is 0 Å². The Kier molecular flexibility index (Phi) is 5.45. The molecule has 2 heterocycles. The Morgan fingerprint density at radius 1 is 1.25 bits per heavy atom. The lowest BCUT2D eigenvalue weighted by atomic mass is 9.87. The first-order valence-corrected chi connectivity index (χ1v) is 9.94. The average molecular weight is 399 g/mol. The zero-order chi connectivity index (χ0) is 19.6. The van der Waals surface area contributed by atoms with Crippen molar-refractivity contribution >= 4 is 11.6 Å². The van der Waals surface area contributed by atoms with Crippen LogP contribution in [0, 0.1) is 11.3 Å². The van der Waals surface area contributed by atoms with Gasteiger partial charge in [0, 0.05) is 43.9 Å². The molecule has 146 valence electrons. The van der Waals surface area contributed by atoms with E-state index in [-0.39, 0.29) is 12.2 Å². The van der Waals surface area contributed by atoms with E-state index in [0.29, 0.717) is 17.9 Å². The minimum absolute atomic E-state index is 0.136. The van der Waals surface area contributed by atoms with Gasteiger partial charge < -0.3 is 19.5 Å². The Hall–Kier alpha value is -2.26. The Labute approximate surface area is 170 Å². The summed E-state index contributed by atoms with van der Waals surface area (Å²) in [6.45, 7) is 2.52. The molecule has 2 aromatic rings. The topological polar surface area (TPSA) is 65.7 Å². The van der Waals surface area contributed by atoms with Gasteiger partial charge >= 0.3 is 0 Å². The van der Waals surface area contributed by atoms with E-state index in [1.165, 1.54) is 5.56 Å². The number of aliphatic hydroxyl groups is 1. The number of β-amino-alcohol motifs (C(OH)–C–C–N with tert-alkyl or cyclic N) is 1. The molecule has 1 fully saturated rings. The van der Waals surface area contributed by atoms with E-state index in [1.54, 1.807) is 24.3 Å². The summed E-state index contributed by atoms with van der Waals surface area (Å²) in [4.78, 5) is 2.25. The molecule has 0 saturated carbocycles. The van der Waals surface area contributed by atoms with E-state index >= 15 is 0 Å². The molecule has 28 heavy (non-hydrogen) atoms. The molecule has 2 aliphatic heterocycles. The third-order valence-corrected chi connectivity index (χ3v) is 5.74. The van der Waals surface area contributed by atoms with Crippen LogP contribution in [-0.4, -0.2) is 48.0 Å². The molecule has 2 aromatic carbocycles. The number of hydrogen-bond donors (Lipinski definition) is 1. The molecule has 0 radical (unpaired) electrons. The largest absolute Gasteiger partial charge is 0.491 e. The van der Waals surface area contributed by atoms with Gasteiger partial charge in [-0.2, -0.15) is 5.26 Å². The van der Waals surface area contributed by atoms with E-state index in [0.717, 1.165) is 43.1 Å². The minimum atomic E-state index is -0.583. The fourth-order valence-corrected chi connectivity index (χ4v) is 4.22. The molecule has 6 heteroatoms. The summed E-state index contributed by atoms with van der Waals surface area (Å²) >= 11 is 6.10. The van der Waals surface area contributed by atoms with E-state index in [1.807, 2.05) is 18.2 Å². The number of likely N-dealkylation sites (tertiary alicyclic amines) is 1. The predicted molar refractivity (Wildman–Crippen MR) is 107 cm³/mol. The summed E-state index contributed by atoms with van der Waals surface area (Å²) in [7, 11) is 0. The highest BCUT2D eigenvalue weighted by Crippen LogP contribution is 2.41. The molecule has 0 amide bonds. The van der Waals surface area contributed by atoms with Gasteiger partial charge in [0.1, 0.15) is 29.8 Å². The second-order valence-corrected chi connectivity index (χ2v) is 8.06. The average Bonchev–Trinajstić information content (AvgIpc) is 3.05. The van der Waals surface area contributed by atoms with Crippen LogP contribution in [0.4, 0.5) is 0 Å². The fraction of sp³-hybridized carbons (Fsp3) is 0.409. The van der Waals surface area contributed by atoms with Gasteiger partial charge in [0.15, 0.2) is 0 Å². The van der Waals surface area contributed by atoms with E-state index in [4.69, 9.17) is 26.3 Å². The van der Waals surface area contributed by atoms with Crippen LogP contribution in [0.3, 0.4) is 0 Å². The van der Waals surface area contributed by atoms with Gasteiger partial charge in [0.25, 0.3) is 0 Å². The Balaban J connectivity index is 1.25. The van der Waals surface area contributed by atoms with Crippen LogP contribution < -0.4 is 9.47 Å². The smallest absolute Gasteiger partial charge is 0.123 e. The van der Waals surface area contributed by atoms with Crippen molar-refractivity contribution in [1.82, 2.24) is 4.90 Å². The molecule has 4 rings (SSSR count). The number of halogens is 1. The maximum absolute atomic E-state index is 10.3. The fourth-order valence-electron chi connectivity index (χ4n) is 4.02. The zero-order valence-corrected chi connectivity index (χ0v) is 16.4. The number of aliphatic hydroxyl groups excluding tert-OH is 1. The number of nitriles is 1. The first-order valence-electron chi connectivity index (χ1n) is 9.56. The summed E-state index contributed by atoms with van der Waals surface area (Å²) < 4.78 is 11.9. The Bertz CT molecular complexity index is 888. The summed E-state index contributed by atoms with van der Waals surface area (Å²) in [5.74, 6) is 1.55. The van der Waals surface area contributed by atoms with Gasteiger partial charge in [-0.3, -0.25) is 0 Å². The highest BCUT2D eigenvalue weighted by molar-refractivity contribution is 6.30. The molecule has 5 nitrogen and oxygen atoms in total. The number of hydrogen-bond acceptors (Lipinski definition) is 5. The van der Waals surface area contributed by atoms with Crippen LogP contribution >= 0.6 is 11.6 Å². The van der Waals surface area contributed by atoms with Crippen molar-refractivity contribution in [2.45, 2.75) is 31.0 Å². The highest BCUT2D eigenvalue weighted by Gasteiger charge is 2.42.